The van der Waals surface area contributed by atoms with Gasteiger partial charge in [0.2, 0.25) is 0 Å². The van der Waals surface area contributed by atoms with Gasteiger partial charge in [0.1, 0.15) is 0 Å². The van der Waals surface area contributed by atoms with Crippen LogP contribution in [0.1, 0.15) is 46.0 Å². The molecule has 2 nitrogen and oxygen atoms in total. The highest BCUT2D eigenvalue weighted by Crippen LogP contribution is 2.29. The Kier molecular flexibility index (Phi) is 4.74. The Hall–Kier alpha value is -0.0800. The largest absolute Gasteiger partial charge is 0.376 e. The van der Waals surface area contributed by atoms with Gasteiger partial charge in [-0.15, -0.1) is 0 Å². The van der Waals surface area contributed by atoms with Gasteiger partial charge in [0.05, 0.1) is 6.10 Å². The zero-order valence-corrected chi connectivity index (χ0v) is 8.96. The summed E-state index contributed by atoms with van der Waals surface area (Å²) in [5.41, 5.74) is 6.02. The van der Waals surface area contributed by atoms with Crippen LogP contribution >= 0.6 is 0 Å². The number of hydrogen-bond donors (Lipinski definition) is 1. The molecular formula is C11H23NO. The lowest BCUT2D eigenvalue weighted by molar-refractivity contribution is 0.0246. The SMILES string of the molecule is CCCC(N)C(CC)OCC1CC1. The zero-order chi connectivity index (χ0) is 9.68. The van der Waals surface area contributed by atoms with Gasteiger partial charge in [-0.1, -0.05) is 20.3 Å². The molecule has 0 heterocycles. The fourth-order valence-electron chi connectivity index (χ4n) is 1.61. The second kappa shape index (κ2) is 5.61. The van der Waals surface area contributed by atoms with E-state index in [-0.39, 0.29) is 6.04 Å². The van der Waals surface area contributed by atoms with Crippen LogP contribution in [-0.4, -0.2) is 18.8 Å². The first-order chi connectivity index (χ1) is 6.27. The summed E-state index contributed by atoms with van der Waals surface area (Å²) < 4.78 is 5.80. The van der Waals surface area contributed by atoms with Crippen molar-refractivity contribution in [3.05, 3.63) is 0 Å². The van der Waals surface area contributed by atoms with Crippen molar-refractivity contribution >= 4 is 0 Å². The first-order valence-corrected chi connectivity index (χ1v) is 5.65. The normalized spacial score (nSPS) is 21.5. The van der Waals surface area contributed by atoms with Crippen LogP contribution in [0.3, 0.4) is 0 Å². The van der Waals surface area contributed by atoms with Crippen molar-refractivity contribution in [3.8, 4) is 0 Å². The summed E-state index contributed by atoms with van der Waals surface area (Å²) >= 11 is 0. The Balaban J connectivity index is 2.14. The quantitative estimate of drug-likeness (QED) is 0.660. The molecule has 0 spiro atoms. The lowest BCUT2D eigenvalue weighted by atomic mass is 10.0. The van der Waals surface area contributed by atoms with E-state index in [1.807, 2.05) is 0 Å². The molecule has 1 aliphatic rings. The fraction of sp³-hybridized carbons (Fsp3) is 1.00. The molecule has 0 amide bonds. The van der Waals surface area contributed by atoms with E-state index in [1.165, 1.54) is 12.8 Å². The van der Waals surface area contributed by atoms with Gasteiger partial charge < -0.3 is 10.5 Å². The molecule has 13 heavy (non-hydrogen) atoms. The van der Waals surface area contributed by atoms with Crippen molar-refractivity contribution in [1.82, 2.24) is 0 Å². The maximum Gasteiger partial charge on any atom is 0.0723 e. The smallest absolute Gasteiger partial charge is 0.0723 e. The predicted octanol–water partition coefficient (Wildman–Crippen LogP) is 2.32. The molecule has 2 heteroatoms. The molecule has 0 saturated heterocycles. The summed E-state index contributed by atoms with van der Waals surface area (Å²) in [4.78, 5) is 0. The van der Waals surface area contributed by atoms with Gasteiger partial charge in [0.25, 0.3) is 0 Å². The highest BCUT2D eigenvalue weighted by Gasteiger charge is 2.24. The Morgan fingerprint density at radius 1 is 1.38 bits per heavy atom. The van der Waals surface area contributed by atoms with Crippen LogP contribution in [0.25, 0.3) is 0 Å². The standard InChI is InChI=1S/C11H23NO/c1-3-5-10(12)11(4-2)13-8-9-6-7-9/h9-11H,3-8,12H2,1-2H3. The van der Waals surface area contributed by atoms with E-state index in [0.717, 1.165) is 31.8 Å². The summed E-state index contributed by atoms with van der Waals surface area (Å²) in [6.45, 7) is 5.27. The molecule has 0 aromatic heterocycles. The number of hydrogen-bond acceptors (Lipinski definition) is 2. The Morgan fingerprint density at radius 2 is 2.08 bits per heavy atom. The molecule has 0 aliphatic heterocycles. The van der Waals surface area contributed by atoms with Crippen molar-refractivity contribution in [2.75, 3.05) is 6.61 Å². The van der Waals surface area contributed by atoms with E-state index in [0.29, 0.717) is 6.10 Å². The fourth-order valence-corrected chi connectivity index (χ4v) is 1.61. The van der Waals surface area contributed by atoms with Crippen LogP contribution in [0.15, 0.2) is 0 Å². The molecule has 78 valence electrons. The highest BCUT2D eigenvalue weighted by atomic mass is 16.5. The van der Waals surface area contributed by atoms with E-state index in [2.05, 4.69) is 13.8 Å². The molecule has 1 aliphatic carbocycles. The van der Waals surface area contributed by atoms with Crippen molar-refractivity contribution in [1.29, 1.82) is 0 Å². The molecule has 1 rings (SSSR count). The van der Waals surface area contributed by atoms with Gasteiger partial charge in [-0.2, -0.15) is 0 Å². The van der Waals surface area contributed by atoms with Gasteiger partial charge in [0, 0.05) is 12.6 Å². The number of ether oxygens (including phenoxy) is 1. The molecular weight excluding hydrogens is 162 g/mol. The minimum atomic E-state index is 0.244. The number of rotatable bonds is 7. The summed E-state index contributed by atoms with van der Waals surface area (Å²) in [6.07, 6.45) is 6.31. The Morgan fingerprint density at radius 3 is 2.54 bits per heavy atom. The minimum absolute atomic E-state index is 0.244. The van der Waals surface area contributed by atoms with Crippen molar-refractivity contribution in [3.63, 3.8) is 0 Å². The molecule has 2 unspecified atom stereocenters. The Bertz CT molecular complexity index is 134. The van der Waals surface area contributed by atoms with E-state index in [9.17, 15) is 0 Å². The summed E-state index contributed by atoms with van der Waals surface area (Å²) in [5.74, 6) is 0.850. The van der Waals surface area contributed by atoms with E-state index < -0.39 is 0 Å². The first-order valence-electron chi connectivity index (χ1n) is 5.65. The average molecular weight is 185 g/mol. The van der Waals surface area contributed by atoms with Crippen LogP contribution in [-0.2, 0) is 4.74 Å². The van der Waals surface area contributed by atoms with E-state index in [1.54, 1.807) is 0 Å². The monoisotopic (exact) mass is 185 g/mol. The third kappa shape index (κ3) is 4.10. The molecule has 0 aromatic carbocycles. The summed E-state index contributed by atoms with van der Waals surface area (Å²) in [5, 5.41) is 0. The van der Waals surface area contributed by atoms with Crippen molar-refractivity contribution in [2.45, 2.75) is 58.1 Å². The van der Waals surface area contributed by atoms with Crippen LogP contribution < -0.4 is 5.73 Å². The van der Waals surface area contributed by atoms with Crippen LogP contribution in [0.4, 0.5) is 0 Å². The topological polar surface area (TPSA) is 35.2 Å². The first kappa shape index (κ1) is 11.0. The average Bonchev–Trinajstić information content (AvgIpc) is 2.89. The molecule has 0 aromatic rings. The molecule has 2 atom stereocenters. The van der Waals surface area contributed by atoms with Crippen LogP contribution in [0.2, 0.25) is 0 Å². The molecule has 0 bridgehead atoms. The van der Waals surface area contributed by atoms with Gasteiger partial charge >= 0.3 is 0 Å². The van der Waals surface area contributed by atoms with Crippen molar-refractivity contribution < 1.29 is 4.74 Å². The number of nitrogens with two attached hydrogens (primary N) is 1. The summed E-state index contributed by atoms with van der Waals surface area (Å²) in [7, 11) is 0. The van der Waals surface area contributed by atoms with Crippen molar-refractivity contribution in [2.24, 2.45) is 11.7 Å². The third-order valence-electron chi connectivity index (χ3n) is 2.74. The van der Waals surface area contributed by atoms with Crippen LogP contribution in [0.5, 0.6) is 0 Å². The Labute approximate surface area is 81.8 Å². The summed E-state index contributed by atoms with van der Waals surface area (Å²) in [6, 6.07) is 0.244. The maximum atomic E-state index is 6.02. The van der Waals surface area contributed by atoms with E-state index in [4.69, 9.17) is 10.5 Å². The van der Waals surface area contributed by atoms with Gasteiger partial charge in [-0.3, -0.25) is 0 Å². The van der Waals surface area contributed by atoms with Gasteiger partial charge in [0.15, 0.2) is 0 Å². The third-order valence-corrected chi connectivity index (χ3v) is 2.74. The predicted molar refractivity (Wildman–Crippen MR) is 55.6 cm³/mol. The van der Waals surface area contributed by atoms with Crippen LogP contribution in [0, 0.1) is 5.92 Å². The second-order valence-electron chi connectivity index (χ2n) is 4.18. The van der Waals surface area contributed by atoms with Gasteiger partial charge in [-0.25, -0.2) is 0 Å². The van der Waals surface area contributed by atoms with E-state index >= 15 is 0 Å². The molecule has 1 fully saturated rings. The highest BCUT2D eigenvalue weighted by molar-refractivity contribution is 4.76. The molecule has 2 N–H and O–H groups in total. The lowest BCUT2D eigenvalue weighted by Crippen LogP contribution is -2.36. The maximum absolute atomic E-state index is 6.02. The minimum Gasteiger partial charge on any atom is -0.376 e. The second-order valence-corrected chi connectivity index (χ2v) is 4.18. The lowest BCUT2D eigenvalue weighted by Gasteiger charge is -2.22. The van der Waals surface area contributed by atoms with Gasteiger partial charge in [-0.05, 0) is 31.6 Å². The zero-order valence-electron chi connectivity index (χ0n) is 8.96. The molecule has 1 saturated carbocycles. The molecule has 0 radical (unpaired) electrons.